The highest BCUT2D eigenvalue weighted by Gasteiger charge is 2.34. The Kier molecular flexibility index (Phi) is 4.51. The highest BCUT2D eigenvalue weighted by molar-refractivity contribution is 5.95. The Morgan fingerprint density at radius 1 is 1.36 bits per heavy atom. The van der Waals surface area contributed by atoms with E-state index >= 15 is 0 Å². The van der Waals surface area contributed by atoms with E-state index in [0.29, 0.717) is 5.56 Å². The van der Waals surface area contributed by atoms with Crippen molar-refractivity contribution in [1.82, 2.24) is 9.78 Å². The van der Waals surface area contributed by atoms with E-state index in [2.05, 4.69) is 10.4 Å². The number of ether oxygens (including phenoxy) is 1. The molecule has 118 valence electrons. The van der Waals surface area contributed by atoms with Crippen LogP contribution in [-0.2, 0) is 22.8 Å². The topological polar surface area (TPSA) is 56.1 Å². The molecule has 0 saturated carbocycles. The molecule has 1 N–H and O–H groups in total. The van der Waals surface area contributed by atoms with Crippen molar-refractivity contribution in [3.8, 4) is 0 Å². The standard InChI is InChI=1S/C14H14F3N3O2/c1-20-8-9(7-18-20)12(22-2)13(21)19-11-6-4-3-5-10(11)14(15,16)17/h3-8,12H,1-2H3,(H,19,21). The normalized spacial score (nSPS) is 13.0. The molecule has 5 nitrogen and oxygen atoms in total. The first kappa shape index (κ1) is 16.0. The number of nitrogens with zero attached hydrogens (tertiary/aromatic N) is 2. The summed E-state index contributed by atoms with van der Waals surface area (Å²) >= 11 is 0. The Hall–Kier alpha value is -2.35. The van der Waals surface area contributed by atoms with Crippen LogP contribution in [0.25, 0.3) is 0 Å². The number of carbonyl (C=O) groups excluding carboxylic acids is 1. The summed E-state index contributed by atoms with van der Waals surface area (Å²) in [5.74, 6) is -0.702. The quantitative estimate of drug-likeness (QED) is 0.944. The predicted octanol–water partition coefficient (Wildman–Crippen LogP) is 2.77. The van der Waals surface area contributed by atoms with Gasteiger partial charge in [-0.1, -0.05) is 12.1 Å². The van der Waals surface area contributed by atoms with E-state index in [1.807, 2.05) is 0 Å². The Morgan fingerprint density at radius 3 is 2.59 bits per heavy atom. The van der Waals surface area contributed by atoms with E-state index in [4.69, 9.17) is 4.74 Å². The zero-order valence-corrected chi connectivity index (χ0v) is 11.9. The number of aryl methyl sites for hydroxylation is 1. The molecule has 0 fully saturated rings. The van der Waals surface area contributed by atoms with Gasteiger partial charge in [-0.05, 0) is 12.1 Å². The Balaban J connectivity index is 2.25. The van der Waals surface area contributed by atoms with Gasteiger partial charge in [0, 0.05) is 25.9 Å². The number of aromatic nitrogens is 2. The maximum atomic E-state index is 12.9. The molecule has 0 bridgehead atoms. The minimum absolute atomic E-state index is 0.314. The van der Waals surface area contributed by atoms with Gasteiger partial charge in [0.05, 0.1) is 17.4 Å². The summed E-state index contributed by atoms with van der Waals surface area (Å²) in [6.07, 6.45) is -2.62. The number of amides is 1. The van der Waals surface area contributed by atoms with Crippen LogP contribution in [0.3, 0.4) is 0 Å². The van der Waals surface area contributed by atoms with Gasteiger partial charge in [0.2, 0.25) is 0 Å². The lowest BCUT2D eigenvalue weighted by Crippen LogP contribution is -2.24. The maximum absolute atomic E-state index is 12.9. The number of hydrogen-bond acceptors (Lipinski definition) is 3. The van der Waals surface area contributed by atoms with Crippen LogP contribution in [0.15, 0.2) is 36.7 Å². The van der Waals surface area contributed by atoms with Crippen molar-refractivity contribution in [3.05, 3.63) is 47.8 Å². The molecular formula is C14H14F3N3O2. The summed E-state index contributed by atoms with van der Waals surface area (Å²) in [5.41, 5.74) is -0.776. The molecule has 1 heterocycles. The average molecular weight is 313 g/mol. The van der Waals surface area contributed by atoms with E-state index in [1.54, 1.807) is 13.2 Å². The van der Waals surface area contributed by atoms with Crippen molar-refractivity contribution in [3.63, 3.8) is 0 Å². The van der Waals surface area contributed by atoms with Crippen molar-refractivity contribution in [2.24, 2.45) is 7.05 Å². The molecule has 0 aliphatic carbocycles. The highest BCUT2D eigenvalue weighted by Crippen LogP contribution is 2.35. The fourth-order valence-corrected chi connectivity index (χ4v) is 2.01. The number of halogens is 3. The average Bonchev–Trinajstić information content (AvgIpc) is 2.85. The van der Waals surface area contributed by atoms with Gasteiger partial charge in [-0.15, -0.1) is 0 Å². The van der Waals surface area contributed by atoms with Gasteiger partial charge in [0.15, 0.2) is 6.10 Å². The lowest BCUT2D eigenvalue weighted by Gasteiger charge is -2.17. The molecule has 0 spiro atoms. The number of methoxy groups -OCH3 is 1. The van der Waals surface area contributed by atoms with Crippen LogP contribution in [0.1, 0.15) is 17.2 Å². The van der Waals surface area contributed by atoms with Crippen molar-refractivity contribution < 1.29 is 22.7 Å². The molecule has 0 radical (unpaired) electrons. The van der Waals surface area contributed by atoms with Gasteiger partial charge < -0.3 is 10.1 Å². The number of hydrogen-bond donors (Lipinski definition) is 1. The number of benzene rings is 1. The Labute approximate surface area is 124 Å². The second kappa shape index (κ2) is 6.18. The monoisotopic (exact) mass is 313 g/mol. The van der Waals surface area contributed by atoms with Crippen molar-refractivity contribution in [2.45, 2.75) is 12.3 Å². The summed E-state index contributed by atoms with van der Waals surface area (Å²) in [7, 11) is 2.96. The number of carbonyl (C=O) groups is 1. The molecule has 8 heteroatoms. The van der Waals surface area contributed by atoms with E-state index in [1.165, 1.54) is 36.2 Å². The van der Waals surface area contributed by atoms with Crippen LogP contribution in [0, 0.1) is 0 Å². The first-order valence-corrected chi connectivity index (χ1v) is 6.31. The molecule has 0 saturated heterocycles. The van der Waals surface area contributed by atoms with Crippen LogP contribution in [0.4, 0.5) is 18.9 Å². The van der Waals surface area contributed by atoms with Crippen LogP contribution in [0.2, 0.25) is 0 Å². The smallest absolute Gasteiger partial charge is 0.367 e. The number of rotatable bonds is 4. The summed E-state index contributed by atoms with van der Waals surface area (Å²) < 4.78 is 45.3. The molecule has 1 aromatic carbocycles. The second-order valence-corrected chi connectivity index (χ2v) is 4.60. The van der Waals surface area contributed by atoms with E-state index in [0.717, 1.165) is 6.07 Å². The van der Waals surface area contributed by atoms with Gasteiger partial charge in [-0.3, -0.25) is 9.48 Å². The first-order chi connectivity index (χ1) is 10.3. The zero-order valence-electron chi connectivity index (χ0n) is 11.9. The third-order valence-corrected chi connectivity index (χ3v) is 2.99. The lowest BCUT2D eigenvalue weighted by atomic mass is 10.1. The molecule has 22 heavy (non-hydrogen) atoms. The van der Waals surface area contributed by atoms with Crippen LogP contribution in [0.5, 0.6) is 0 Å². The molecule has 1 atom stereocenters. The minimum atomic E-state index is -4.55. The van der Waals surface area contributed by atoms with E-state index in [-0.39, 0.29) is 5.69 Å². The van der Waals surface area contributed by atoms with Gasteiger partial charge in [0.1, 0.15) is 0 Å². The summed E-state index contributed by atoms with van der Waals surface area (Å²) in [5, 5.41) is 6.16. The van der Waals surface area contributed by atoms with Crippen LogP contribution < -0.4 is 5.32 Å². The van der Waals surface area contributed by atoms with Gasteiger partial charge in [-0.25, -0.2) is 0 Å². The molecule has 0 aliphatic rings. The molecule has 0 aliphatic heterocycles. The molecule has 1 aromatic heterocycles. The second-order valence-electron chi connectivity index (χ2n) is 4.60. The maximum Gasteiger partial charge on any atom is 0.418 e. The molecule has 1 unspecified atom stereocenters. The van der Waals surface area contributed by atoms with E-state index in [9.17, 15) is 18.0 Å². The third-order valence-electron chi connectivity index (χ3n) is 2.99. The van der Waals surface area contributed by atoms with Gasteiger partial charge >= 0.3 is 6.18 Å². The van der Waals surface area contributed by atoms with Crippen molar-refractivity contribution in [1.29, 1.82) is 0 Å². The third kappa shape index (κ3) is 3.45. The van der Waals surface area contributed by atoms with Crippen molar-refractivity contribution in [2.75, 3.05) is 12.4 Å². The summed E-state index contributed by atoms with van der Waals surface area (Å²) in [6, 6.07) is 4.77. The molecule has 2 aromatic rings. The van der Waals surface area contributed by atoms with Gasteiger partial charge in [-0.2, -0.15) is 18.3 Å². The summed E-state index contributed by atoms with van der Waals surface area (Å²) in [4.78, 5) is 12.2. The van der Waals surface area contributed by atoms with Crippen LogP contribution >= 0.6 is 0 Å². The fraction of sp³-hybridized carbons (Fsp3) is 0.286. The van der Waals surface area contributed by atoms with Gasteiger partial charge in [0.25, 0.3) is 5.91 Å². The van der Waals surface area contributed by atoms with E-state index < -0.39 is 23.8 Å². The SMILES string of the molecule is COC(C(=O)Nc1ccccc1C(F)(F)F)c1cnn(C)c1. The Morgan fingerprint density at radius 2 is 2.05 bits per heavy atom. The predicted molar refractivity (Wildman–Crippen MR) is 73.0 cm³/mol. The number of para-hydroxylation sites is 1. The minimum Gasteiger partial charge on any atom is -0.367 e. The van der Waals surface area contributed by atoms with Crippen LogP contribution in [-0.4, -0.2) is 22.8 Å². The molecular weight excluding hydrogens is 299 g/mol. The summed E-state index contributed by atoms with van der Waals surface area (Å²) in [6.45, 7) is 0. The number of anilines is 1. The Bertz CT molecular complexity index is 667. The fourth-order valence-electron chi connectivity index (χ4n) is 2.01. The highest BCUT2D eigenvalue weighted by atomic mass is 19.4. The largest absolute Gasteiger partial charge is 0.418 e. The number of alkyl halides is 3. The molecule has 2 rings (SSSR count). The first-order valence-electron chi connectivity index (χ1n) is 6.31. The molecule has 1 amide bonds. The van der Waals surface area contributed by atoms with Crippen molar-refractivity contribution >= 4 is 11.6 Å². The lowest BCUT2D eigenvalue weighted by molar-refractivity contribution is -0.137. The zero-order chi connectivity index (χ0) is 16.3. The number of nitrogens with one attached hydrogen (secondary N) is 1.